The Morgan fingerprint density at radius 1 is 1.30 bits per heavy atom. The number of rotatable bonds is 7. The summed E-state index contributed by atoms with van der Waals surface area (Å²) in [5.41, 5.74) is 1.18. The van der Waals surface area contributed by atoms with Crippen molar-refractivity contribution in [3.8, 4) is 5.75 Å². The first-order valence-electron chi connectivity index (χ1n) is 8.00. The SMILES string of the molecule is CCCOc1ccc(NC(C)CC2CCCCN2)cc1. The highest BCUT2D eigenvalue weighted by molar-refractivity contribution is 5.46. The maximum Gasteiger partial charge on any atom is 0.119 e. The van der Waals surface area contributed by atoms with Gasteiger partial charge < -0.3 is 15.4 Å². The lowest BCUT2D eigenvalue weighted by molar-refractivity contribution is 0.317. The third-order valence-corrected chi connectivity index (χ3v) is 3.79. The van der Waals surface area contributed by atoms with E-state index in [-0.39, 0.29) is 0 Å². The van der Waals surface area contributed by atoms with Crippen molar-refractivity contribution in [2.45, 2.75) is 58.0 Å². The zero-order chi connectivity index (χ0) is 14.2. The fourth-order valence-corrected chi connectivity index (χ4v) is 2.76. The minimum Gasteiger partial charge on any atom is -0.494 e. The predicted molar refractivity (Wildman–Crippen MR) is 85.6 cm³/mol. The molecule has 112 valence electrons. The van der Waals surface area contributed by atoms with Crippen molar-refractivity contribution in [2.24, 2.45) is 0 Å². The number of hydrogen-bond acceptors (Lipinski definition) is 3. The van der Waals surface area contributed by atoms with E-state index in [9.17, 15) is 0 Å². The summed E-state index contributed by atoms with van der Waals surface area (Å²) < 4.78 is 5.60. The number of hydrogen-bond donors (Lipinski definition) is 2. The van der Waals surface area contributed by atoms with Crippen molar-refractivity contribution in [3.63, 3.8) is 0 Å². The van der Waals surface area contributed by atoms with Crippen LogP contribution >= 0.6 is 0 Å². The molecule has 0 bridgehead atoms. The van der Waals surface area contributed by atoms with Gasteiger partial charge >= 0.3 is 0 Å². The second-order valence-corrected chi connectivity index (χ2v) is 5.80. The zero-order valence-electron chi connectivity index (χ0n) is 12.8. The van der Waals surface area contributed by atoms with Gasteiger partial charge in [0.2, 0.25) is 0 Å². The Bertz CT molecular complexity index is 371. The molecule has 2 unspecified atom stereocenters. The van der Waals surface area contributed by atoms with Gasteiger partial charge in [-0.3, -0.25) is 0 Å². The molecule has 2 atom stereocenters. The monoisotopic (exact) mass is 276 g/mol. The molecular formula is C17H28N2O. The van der Waals surface area contributed by atoms with Crippen molar-refractivity contribution < 1.29 is 4.74 Å². The normalized spacial score (nSPS) is 20.4. The quantitative estimate of drug-likeness (QED) is 0.794. The fourth-order valence-electron chi connectivity index (χ4n) is 2.76. The van der Waals surface area contributed by atoms with Gasteiger partial charge in [0.25, 0.3) is 0 Å². The first kappa shape index (κ1) is 15.2. The Morgan fingerprint density at radius 3 is 2.75 bits per heavy atom. The lowest BCUT2D eigenvalue weighted by Crippen LogP contribution is -2.37. The number of benzene rings is 1. The average molecular weight is 276 g/mol. The van der Waals surface area contributed by atoms with E-state index in [1.54, 1.807) is 0 Å². The topological polar surface area (TPSA) is 33.3 Å². The third-order valence-electron chi connectivity index (χ3n) is 3.79. The van der Waals surface area contributed by atoms with Crippen molar-refractivity contribution in [3.05, 3.63) is 24.3 Å². The van der Waals surface area contributed by atoms with Gasteiger partial charge in [-0.25, -0.2) is 0 Å². The summed E-state index contributed by atoms with van der Waals surface area (Å²) in [6.07, 6.45) is 6.25. The van der Waals surface area contributed by atoms with Crippen LogP contribution in [0.3, 0.4) is 0 Å². The van der Waals surface area contributed by atoms with Crippen molar-refractivity contribution in [2.75, 3.05) is 18.5 Å². The van der Waals surface area contributed by atoms with Gasteiger partial charge in [0, 0.05) is 17.8 Å². The van der Waals surface area contributed by atoms with Gasteiger partial charge in [0.05, 0.1) is 6.61 Å². The molecule has 1 saturated heterocycles. The second kappa shape index (κ2) is 8.15. The molecule has 1 fully saturated rings. The molecule has 1 heterocycles. The van der Waals surface area contributed by atoms with Crippen LogP contribution in [-0.2, 0) is 0 Å². The van der Waals surface area contributed by atoms with Gasteiger partial charge in [0.1, 0.15) is 5.75 Å². The minimum atomic E-state index is 0.494. The number of anilines is 1. The molecule has 2 N–H and O–H groups in total. The van der Waals surface area contributed by atoms with Crippen LogP contribution in [0.4, 0.5) is 5.69 Å². The molecule has 1 aliphatic rings. The minimum absolute atomic E-state index is 0.494. The summed E-state index contributed by atoms with van der Waals surface area (Å²) >= 11 is 0. The number of nitrogens with one attached hydrogen (secondary N) is 2. The summed E-state index contributed by atoms with van der Waals surface area (Å²) in [5.74, 6) is 0.957. The standard InChI is InChI=1S/C17H28N2O/c1-3-12-20-17-9-7-15(8-10-17)19-14(2)13-16-6-4-5-11-18-16/h7-10,14,16,18-19H,3-6,11-13H2,1-2H3. The third kappa shape index (κ3) is 5.04. The van der Waals surface area contributed by atoms with E-state index in [0.717, 1.165) is 18.8 Å². The molecule has 1 aliphatic heterocycles. The molecule has 0 aliphatic carbocycles. The van der Waals surface area contributed by atoms with Gasteiger partial charge in [0.15, 0.2) is 0 Å². The maximum atomic E-state index is 5.60. The zero-order valence-corrected chi connectivity index (χ0v) is 12.8. The largest absolute Gasteiger partial charge is 0.494 e. The maximum absolute atomic E-state index is 5.60. The van der Waals surface area contributed by atoms with E-state index < -0.39 is 0 Å². The lowest BCUT2D eigenvalue weighted by atomic mass is 9.99. The van der Waals surface area contributed by atoms with Crippen LogP contribution in [0, 0.1) is 0 Å². The molecule has 0 radical (unpaired) electrons. The van der Waals surface area contributed by atoms with Crippen LogP contribution in [0.1, 0.15) is 46.0 Å². The first-order valence-corrected chi connectivity index (χ1v) is 8.00. The highest BCUT2D eigenvalue weighted by atomic mass is 16.5. The first-order chi connectivity index (χ1) is 9.78. The molecule has 3 nitrogen and oxygen atoms in total. The molecule has 0 amide bonds. The van der Waals surface area contributed by atoms with E-state index >= 15 is 0 Å². The lowest BCUT2D eigenvalue weighted by Gasteiger charge is -2.27. The smallest absolute Gasteiger partial charge is 0.119 e. The van der Waals surface area contributed by atoms with E-state index in [0.29, 0.717) is 12.1 Å². The Hall–Kier alpha value is -1.22. The summed E-state index contributed by atoms with van der Waals surface area (Å²) in [5, 5.41) is 7.18. The molecule has 0 aromatic heterocycles. The van der Waals surface area contributed by atoms with E-state index in [2.05, 4.69) is 36.6 Å². The predicted octanol–water partition coefficient (Wildman–Crippen LogP) is 3.81. The molecule has 3 heteroatoms. The van der Waals surface area contributed by atoms with Crippen LogP contribution in [0.2, 0.25) is 0 Å². The van der Waals surface area contributed by atoms with Crippen LogP contribution in [0.5, 0.6) is 5.75 Å². The Labute approximate surface area is 123 Å². The van der Waals surface area contributed by atoms with Crippen LogP contribution in [-0.4, -0.2) is 25.2 Å². The average Bonchev–Trinajstić information content (AvgIpc) is 2.47. The van der Waals surface area contributed by atoms with Gasteiger partial charge in [-0.1, -0.05) is 13.3 Å². The number of piperidine rings is 1. The van der Waals surface area contributed by atoms with Gasteiger partial charge in [-0.15, -0.1) is 0 Å². The Balaban J connectivity index is 1.76. The molecule has 1 aromatic carbocycles. The van der Waals surface area contributed by atoms with E-state index in [4.69, 9.17) is 4.74 Å². The van der Waals surface area contributed by atoms with Crippen molar-refractivity contribution in [1.29, 1.82) is 0 Å². The van der Waals surface area contributed by atoms with E-state index in [1.807, 2.05) is 12.1 Å². The summed E-state index contributed by atoms with van der Waals surface area (Å²) in [6.45, 7) is 6.35. The highest BCUT2D eigenvalue weighted by Crippen LogP contribution is 2.18. The highest BCUT2D eigenvalue weighted by Gasteiger charge is 2.15. The summed E-state index contributed by atoms with van der Waals surface area (Å²) in [7, 11) is 0. The fraction of sp³-hybridized carbons (Fsp3) is 0.647. The van der Waals surface area contributed by atoms with E-state index in [1.165, 1.54) is 37.9 Å². The Kier molecular flexibility index (Phi) is 6.19. The van der Waals surface area contributed by atoms with Crippen LogP contribution < -0.4 is 15.4 Å². The number of ether oxygens (including phenoxy) is 1. The molecule has 0 saturated carbocycles. The van der Waals surface area contributed by atoms with Crippen LogP contribution in [0.15, 0.2) is 24.3 Å². The second-order valence-electron chi connectivity index (χ2n) is 5.80. The van der Waals surface area contributed by atoms with Crippen LogP contribution in [0.25, 0.3) is 0 Å². The molecule has 0 spiro atoms. The molecular weight excluding hydrogens is 248 g/mol. The van der Waals surface area contributed by atoms with Gasteiger partial charge in [-0.2, -0.15) is 0 Å². The molecule has 2 rings (SSSR count). The molecule has 20 heavy (non-hydrogen) atoms. The van der Waals surface area contributed by atoms with Gasteiger partial charge in [-0.05, 0) is 63.4 Å². The van der Waals surface area contributed by atoms with Crippen molar-refractivity contribution in [1.82, 2.24) is 5.32 Å². The molecule has 1 aromatic rings. The van der Waals surface area contributed by atoms with Crippen molar-refractivity contribution >= 4 is 5.69 Å². The Morgan fingerprint density at radius 2 is 2.10 bits per heavy atom. The summed E-state index contributed by atoms with van der Waals surface area (Å²) in [6, 6.07) is 9.48. The summed E-state index contributed by atoms with van der Waals surface area (Å²) in [4.78, 5) is 0.